The van der Waals surface area contributed by atoms with E-state index in [-0.39, 0.29) is 62.1 Å². The first kappa shape index (κ1) is 66.1. The summed E-state index contributed by atoms with van der Waals surface area (Å²) in [6, 6.07) is 10.7. The number of hydrogen-bond donors (Lipinski definition) is 4. The standard InChI is InChI=1S/C59H80Cl2FN9O12S/c1-39-54(84-38-66-39)42-8-6-41(7-9-42)32-65-57(74)49-31-46(72)36-70(49)58(75)55(59(3,4)5)68-51(73)37-82-29-28-81-27-26-80-25-24-79-23-22-78-21-20-77-19-18-76-17-16-69-14-12-45(13-15-69)71-35-44(34-67-71)43-30-50(56(63)64-33-43)83-40(2)52-47(60)10-11-48(62)53(52)61/h6-11,30,33-35,38,40,45-46,49,55,72H,12-29,31-32,36-37H2,1-5H3,(H2,63,64)(H,65,74)(H,68,73)/t40-,46-,49+,55-/m1/s1. The number of aryl methyl sites for hydroxylation is 1. The summed E-state index contributed by atoms with van der Waals surface area (Å²) in [6.07, 6.45) is 5.91. The molecule has 0 saturated carbocycles. The van der Waals surface area contributed by atoms with Crippen LogP contribution < -0.4 is 21.1 Å². The van der Waals surface area contributed by atoms with Crippen molar-refractivity contribution in [1.29, 1.82) is 0 Å². The minimum atomic E-state index is -0.969. The van der Waals surface area contributed by atoms with Crippen molar-refractivity contribution in [1.82, 2.24) is 40.2 Å². The molecule has 5 N–H and O–H groups in total. The first-order valence-electron chi connectivity index (χ1n) is 28.4. The van der Waals surface area contributed by atoms with Crippen LogP contribution in [0.3, 0.4) is 0 Å². The van der Waals surface area contributed by atoms with Gasteiger partial charge in [-0.1, -0.05) is 68.2 Å². The summed E-state index contributed by atoms with van der Waals surface area (Å²) in [5.41, 5.74) is 12.1. The van der Waals surface area contributed by atoms with Crippen LogP contribution in [-0.4, -0.2) is 189 Å². The Bertz CT molecular complexity index is 2860. The van der Waals surface area contributed by atoms with Crippen LogP contribution >= 0.6 is 34.5 Å². The number of hydrogen-bond acceptors (Lipinski definition) is 18. The summed E-state index contributed by atoms with van der Waals surface area (Å²) in [4.78, 5) is 53.8. The number of anilines is 1. The van der Waals surface area contributed by atoms with E-state index in [2.05, 4.69) is 30.6 Å². The number of nitrogens with zero attached hydrogens (tertiary/aromatic N) is 6. The van der Waals surface area contributed by atoms with Gasteiger partial charge in [0.2, 0.25) is 17.7 Å². The average Bonchev–Trinajstić information content (AvgIpc) is 4.33. The van der Waals surface area contributed by atoms with Gasteiger partial charge in [0.05, 0.1) is 125 Å². The van der Waals surface area contributed by atoms with Crippen LogP contribution in [0.25, 0.3) is 21.6 Å². The number of aromatic nitrogens is 4. The third-order valence-corrected chi connectivity index (χ3v) is 16.0. The number of β-amino-alcohol motifs (C(OH)–C–C–N with tert-alkyl or cyclic N) is 1. The molecule has 2 aromatic carbocycles. The van der Waals surface area contributed by atoms with E-state index in [1.54, 1.807) is 36.7 Å². The van der Waals surface area contributed by atoms with Gasteiger partial charge in [0.15, 0.2) is 11.6 Å². The Morgan fingerprint density at radius 2 is 1.43 bits per heavy atom. The highest BCUT2D eigenvalue weighted by Crippen LogP contribution is 2.38. The topological polar surface area (TPSA) is 245 Å². The van der Waals surface area contributed by atoms with Crippen molar-refractivity contribution in [2.45, 2.75) is 90.8 Å². The lowest BCUT2D eigenvalue weighted by molar-refractivity contribution is -0.144. The van der Waals surface area contributed by atoms with Gasteiger partial charge in [-0.15, -0.1) is 11.3 Å². The number of pyridine rings is 1. The number of benzene rings is 2. The van der Waals surface area contributed by atoms with Gasteiger partial charge in [0.1, 0.15) is 30.6 Å². The number of carbonyl (C=O) groups is 3. The normalized spacial score (nSPS) is 16.7. The van der Waals surface area contributed by atoms with Crippen LogP contribution in [-0.2, 0) is 54.1 Å². The van der Waals surface area contributed by atoms with E-state index < -0.39 is 47.3 Å². The Kier molecular flexibility index (Phi) is 26.4. The molecular weight excluding hydrogens is 1150 g/mol. The molecule has 2 aliphatic heterocycles. The van der Waals surface area contributed by atoms with Crippen LogP contribution in [0.1, 0.15) is 75.9 Å². The fourth-order valence-electron chi connectivity index (χ4n) is 9.63. The molecule has 3 amide bonds. The third-order valence-electron chi connectivity index (χ3n) is 14.3. The second-order valence-electron chi connectivity index (χ2n) is 21.6. The molecule has 2 fully saturated rings. The fraction of sp³-hybridized carbons (Fsp3) is 0.559. The lowest BCUT2D eigenvalue weighted by Gasteiger charge is -2.35. The number of thiazole rings is 1. The average molecular weight is 1230 g/mol. The summed E-state index contributed by atoms with van der Waals surface area (Å²) in [6.45, 7) is 17.0. The van der Waals surface area contributed by atoms with Gasteiger partial charge < -0.3 is 69.2 Å². The molecule has 460 valence electrons. The number of amides is 3. The maximum atomic E-state index is 14.2. The number of piperidine rings is 1. The molecule has 0 spiro atoms. The molecule has 0 bridgehead atoms. The molecular formula is C59H80Cl2FN9O12S. The number of likely N-dealkylation sites (tertiary alicyclic amines) is 2. The van der Waals surface area contributed by atoms with Gasteiger partial charge in [-0.2, -0.15) is 5.10 Å². The van der Waals surface area contributed by atoms with Crippen LogP contribution in [0.2, 0.25) is 10.0 Å². The van der Waals surface area contributed by atoms with Crippen molar-refractivity contribution in [2.75, 3.05) is 124 Å². The van der Waals surface area contributed by atoms with E-state index in [9.17, 15) is 23.9 Å². The van der Waals surface area contributed by atoms with E-state index in [0.29, 0.717) is 89.0 Å². The van der Waals surface area contributed by atoms with Crippen molar-refractivity contribution in [3.63, 3.8) is 0 Å². The number of aliphatic hydroxyl groups is 1. The Morgan fingerprint density at radius 1 is 0.821 bits per heavy atom. The monoisotopic (exact) mass is 1230 g/mol. The second-order valence-corrected chi connectivity index (χ2v) is 23.2. The number of nitrogens with one attached hydrogen (secondary N) is 2. The number of aliphatic hydroxyl groups excluding tert-OH is 1. The minimum absolute atomic E-state index is 0.0204. The molecule has 25 heteroatoms. The summed E-state index contributed by atoms with van der Waals surface area (Å²) in [5.74, 6) is -1.38. The van der Waals surface area contributed by atoms with E-state index in [0.717, 1.165) is 65.3 Å². The lowest BCUT2D eigenvalue weighted by atomic mass is 9.85. The SMILES string of the molecule is Cc1ncsc1-c1ccc(CNC(=O)[C@@H]2C[C@@H](O)CN2C(=O)[C@@H](NC(=O)COCCOCCOCCOCCOCCOCCOCCN2CCC(n3cc(-c4cnc(N)c(O[C@H](C)c5c(Cl)ccc(F)c5Cl)c4)cn3)CC2)C(C)(C)C)cc1. The zero-order valence-corrected chi connectivity index (χ0v) is 50.9. The third kappa shape index (κ3) is 20.1. The highest BCUT2D eigenvalue weighted by molar-refractivity contribution is 7.13. The fourth-order valence-corrected chi connectivity index (χ4v) is 11.1. The van der Waals surface area contributed by atoms with Crippen LogP contribution in [0.4, 0.5) is 10.2 Å². The largest absolute Gasteiger partial charge is 0.482 e. The van der Waals surface area contributed by atoms with Crippen molar-refractivity contribution in [3.8, 4) is 27.3 Å². The number of halogens is 3. The van der Waals surface area contributed by atoms with Crippen LogP contribution in [0.5, 0.6) is 5.75 Å². The predicted molar refractivity (Wildman–Crippen MR) is 317 cm³/mol. The summed E-state index contributed by atoms with van der Waals surface area (Å²) < 4.78 is 61.6. The summed E-state index contributed by atoms with van der Waals surface area (Å²) >= 11 is 14.1. The molecule has 21 nitrogen and oxygen atoms in total. The molecule has 3 aromatic heterocycles. The summed E-state index contributed by atoms with van der Waals surface area (Å²) in [7, 11) is 0. The summed E-state index contributed by atoms with van der Waals surface area (Å²) in [5, 5.41) is 21.1. The van der Waals surface area contributed by atoms with E-state index in [1.165, 1.54) is 17.0 Å². The van der Waals surface area contributed by atoms with Gasteiger partial charge in [0, 0.05) is 73.3 Å². The highest BCUT2D eigenvalue weighted by atomic mass is 35.5. The smallest absolute Gasteiger partial charge is 0.246 e. The van der Waals surface area contributed by atoms with Crippen molar-refractivity contribution in [2.24, 2.45) is 5.41 Å². The molecule has 7 rings (SSSR count). The number of carbonyl (C=O) groups excluding carboxylic acids is 3. The Hall–Kier alpha value is -5.41. The van der Waals surface area contributed by atoms with Crippen LogP contribution in [0, 0.1) is 18.2 Å². The van der Waals surface area contributed by atoms with Crippen LogP contribution in [0.15, 0.2) is 66.6 Å². The number of rotatable bonds is 34. The molecule has 5 heterocycles. The predicted octanol–water partition coefficient (Wildman–Crippen LogP) is 7.11. The van der Waals surface area contributed by atoms with Crippen molar-refractivity contribution in [3.05, 3.63) is 99.2 Å². The first-order valence-corrected chi connectivity index (χ1v) is 30.0. The van der Waals surface area contributed by atoms with Gasteiger partial charge in [0.25, 0.3) is 0 Å². The molecule has 2 aliphatic rings. The van der Waals surface area contributed by atoms with E-state index in [1.807, 2.05) is 68.3 Å². The second kappa shape index (κ2) is 33.5. The van der Waals surface area contributed by atoms with Gasteiger partial charge in [-0.25, -0.2) is 14.4 Å². The maximum Gasteiger partial charge on any atom is 0.246 e. The minimum Gasteiger partial charge on any atom is -0.482 e. The Morgan fingerprint density at radius 3 is 2.02 bits per heavy atom. The Labute approximate surface area is 504 Å². The lowest BCUT2D eigenvalue weighted by Crippen LogP contribution is -2.58. The molecule has 0 unspecified atom stereocenters. The quantitative estimate of drug-likeness (QED) is 0.0237. The highest BCUT2D eigenvalue weighted by Gasteiger charge is 2.44. The number of nitrogens with two attached hydrogens (primary N) is 1. The number of nitrogen functional groups attached to an aromatic ring is 1. The Balaban J connectivity index is 0.638. The van der Waals surface area contributed by atoms with E-state index in [4.69, 9.17) is 66.8 Å². The molecule has 0 aliphatic carbocycles. The van der Waals surface area contributed by atoms with Crippen molar-refractivity contribution >= 4 is 58.1 Å². The zero-order valence-electron chi connectivity index (χ0n) is 48.5. The van der Waals surface area contributed by atoms with Crippen molar-refractivity contribution < 1.29 is 61.8 Å². The van der Waals surface area contributed by atoms with Gasteiger partial charge in [-0.3, -0.25) is 19.1 Å². The van der Waals surface area contributed by atoms with Gasteiger partial charge >= 0.3 is 0 Å². The molecule has 84 heavy (non-hydrogen) atoms. The maximum absolute atomic E-state index is 14.2. The molecule has 5 aromatic rings. The molecule has 2 saturated heterocycles. The zero-order chi connectivity index (χ0) is 60.0. The van der Waals surface area contributed by atoms with E-state index >= 15 is 0 Å². The molecule has 0 radical (unpaired) electrons. The molecule has 4 atom stereocenters. The number of ether oxygens (including phenoxy) is 8. The van der Waals surface area contributed by atoms with Gasteiger partial charge in [-0.05, 0) is 61.4 Å². The first-order chi connectivity index (χ1) is 40.5.